The molecule has 7 nitrogen and oxygen atoms in total. The molecule has 0 unspecified atom stereocenters. The monoisotopic (exact) mass is 461 g/mol. The molecule has 1 N–H and O–H groups in total. The minimum Gasteiger partial charge on any atom is -0.378 e. The van der Waals surface area contributed by atoms with E-state index in [2.05, 4.69) is 56.2 Å². The molecule has 2 fully saturated rings. The zero-order valence-electron chi connectivity index (χ0n) is 18.5. The second-order valence-corrected chi connectivity index (χ2v) is 9.91. The van der Waals surface area contributed by atoms with Gasteiger partial charge in [0.15, 0.2) is 10.9 Å². The number of thiazole rings is 1. The number of nitrogens with one attached hydrogen (secondary N) is 1. The Kier molecular flexibility index (Phi) is 5.47. The third-order valence-corrected chi connectivity index (χ3v) is 7.59. The first-order valence-corrected chi connectivity index (χ1v) is 12.5. The van der Waals surface area contributed by atoms with E-state index in [1.165, 1.54) is 11.3 Å². The molecule has 2 aromatic heterocycles. The molecule has 33 heavy (non-hydrogen) atoms. The van der Waals surface area contributed by atoms with Crippen molar-refractivity contribution in [3.63, 3.8) is 0 Å². The normalized spacial score (nSPS) is 19.5. The number of carbonyl (C=O) groups excluding carboxylic acids is 1. The highest BCUT2D eigenvalue weighted by Gasteiger charge is 2.23. The van der Waals surface area contributed by atoms with Crippen molar-refractivity contribution in [1.29, 1.82) is 0 Å². The molecule has 0 bridgehead atoms. The number of benzene rings is 2. The van der Waals surface area contributed by atoms with Crippen LogP contribution in [0.25, 0.3) is 21.3 Å². The van der Waals surface area contributed by atoms with E-state index < -0.39 is 0 Å². The third-order valence-electron chi connectivity index (χ3n) is 6.64. The summed E-state index contributed by atoms with van der Waals surface area (Å²) < 4.78 is 8.80. The maximum absolute atomic E-state index is 12.2. The van der Waals surface area contributed by atoms with Gasteiger partial charge < -0.3 is 19.5 Å². The van der Waals surface area contributed by atoms with Gasteiger partial charge in [0, 0.05) is 31.7 Å². The Morgan fingerprint density at radius 2 is 2.00 bits per heavy atom. The number of rotatable bonds is 5. The van der Waals surface area contributed by atoms with Crippen LogP contribution < -0.4 is 10.2 Å². The lowest BCUT2D eigenvalue weighted by Crippen LogP contribution is -2.36. The SMILES string of the molecule is O=C1CCCC[C@H]1Nc1nc2ccc(Cn3cnc4cc(N5CCOCC5)ccc43)cc2s1. The van der Waals surface area contributed by atoms with Gasteiger partial charge in [-0.2, -0.15) is 0 Å². The molecular formula is C25H27N5O2S. The molecule has 3 heterocycles. The predicted octanol–water partition coefficient (Wildman–Crippen LogP) is 4.45. The van der Waals surface area contributed by atoms with E-state index in [0.717, 1.165) is 78.5 Å². The lowest BCUT2D eigenvalue weighted by atomic mass is 9.94. The van der Waals surface area contributed by atoms with Gasteiger partial charge in [-0.1, -0.05) is 23.8 Å². The maximum Gasteiger partial charge on any atom is 0.184 e. The number of anilines is 2. The first-order chi connectivity index (χ1) is 16.2. The fraction of sp³-hybridized carbons (Fsp3) is 0.400. The smallest absolute Gasteiger partial charge is 0.184 e. The highest BCUT2D eigenvalue weighted by molar-refractivity contribution is 7.22. The minimum atomic E-state index is -0.0848. The Hall–Kier alpha value is -2.97. The van der Waals surface area contributed by atoms with Crippen LogP contribution in [0.5, 0.6) is 0 Å². The average Bonchev–Trinajstić information content (AvgIpc) is 3.44. The molecule has 2 aromatic carbocycles. The zero-order valence-corrected chi connectivity index (χ0v) is 19.3. The van der Waals surface area contributed by atoms with Gasteiger partial charge >= 0.3 is 0 Å². The number of Topliss-reactive ketones (excluding diaryl/α,β-unsaturated/α-hetero) is 1. The van der Waals surface area contributed by atoms with Crippen molar-refractivity contribution in [1.82, 2.24) is 14.5 Å². The number of carbonyl (C=O) groups is 1. The molecule has 1 atom stereocenters. The van der Waals surface area contributed by atoms with Gasteiger partial charge in [-0.3, -0.25) is 4.79 Å². The van der Waals surface area contributed by atoms with Crippen LogP contribution in [-0.4, -0.2) is 52.7 Å². The predicted molar refractivity (Wildman–Crippen MR) is 132 cm³/mol. The largest absolute Gasteiger partial charge is 0.378 e. The molecule has 1 aliphatic carbocycles. The van der Waals surface area contributed by atoms with E-state index in [9.17, 15) is 4.79 Å². The standard InChI is InChI=1S/C25H27N5O2S/c31-23-4-2-1-3-19(23)27-25-28-20-7-5-17(13-24(20)33-25)15-30-16-26-21-14-18(6-8-22(21)30)29-9-11-32-12-10-29/h5-8,13-14,16,19H,1-4,9-12,15H2,(H,27,28)/t19-/m1/s1. The van der Waals surface area contributed by atoms with Gasteiger partial charge in [-0.15, -0.1) is 0 Å². The van der Waals surface area contributed by atoms with Gasteiger partial charge in [0.25, 0.3) is 0 Å². The summed E-state index contributed by atoms with van der Waals surface area (Å²) in [4.78, 5) is 23.9. The molecule has 170 valence electrons. The van der Waals surface area contributed by atoms with Gasteiger partial charge in [0.2, 0.25) is 0 Å². The summed E-state index contributed by atoms with van der Waals surface area (Å²) in [7, 11) is 0. The van der Waals surface area contributed by atoms with E-state index in [-0.39, 0.29) is 6.04 Å². The van der Waals surface area contributed by atoms with Crippen LogP contribution >= 0.6 is 11.3 Å². The van der Waals surface area contributed by atoms with Crippen molar-refractivity contribution in [2.45, 2.75) is 38.3 Å². The maximum atomic E-state index is 12.2. The Morgan fingerprint density at radius 1 is 1.09 bits per heavy atom. The minimum absolute atomic E-state index is 0.0848. The number of aromatic nitrogens is 3. The lowest BCUT2D eigenvalue weighted by Gasteiger charge is -2.28. The van der Waals surface area contributed by atoms with E-state index in [4.69, 9.17) is 9.72 Å². The third kappa shape index (κ3) is 4.20. The Morgan fingerprint density at radius 3 is 2.88 bits per heavy atom. The number of fused-ring (bicyclic) bond motifs is 2. The highest BCUT2D eigenvalue weighted by atomic mass is 32.1. The van der Waals surface area contributed by atoms with Crippen LogP contribution in [0.3, 0.4) is 0 Å². The van der Waals surface area contributed by atoms with Crippen molar-refractivity contribution in [3.05, 3.63) is 48.3 Å². The fourth-order valence-electron chi connectivity index (χ4n) is 4.81. The summed E-state index contributed by atoms with van der Waals surface area (Å²) in [5, 5.41) is 4.21. The summed E-state index contributed by atoms with van der Waals surface area (Å²) in [6.07, 6.45) is 5.62. The van der Waals surface area contributed by atoms with E-state index in [1.807, 2.05) is 6.33 Å². The molecule has 1 aliphatic heterocycles. The number of ether oxygens (including phenoxy) is 1. The quantitative estimate of drug-likeness (QED) is 0.473. The summed E-state index contributed by atoms with van der Waals surface area (Å²) in [6, 6.07) is 12.8. The number of hydrogen-bond acceptors (Lipinski definition) is 7. The van der Waals surface area contributed by atoms with Crippen molar-refractivity contribution >= 4 is 49.2 Å². The highest BCUT2D eigenvalue weighted by Crippen LogP contribution is 2.30. The summed E-state index contributed by atoms with van der Waals surface area (Å²) in [5.41, 5.74) is 5.54. The topological polar surface area (TPSA) is 72.3 Å². The van der Waals surface area contributed by atoms with Crippen LogP contribution in [0.4, 0.5) is 10.8 Å². The van der Waals surface area contributed by atoms with Crippen LogP contribution in [0.15, 0.2) is 42.7 Å². The first-order valence-electron chi connectivity index (χ1n) is 11.7. The van der Waals surface area contributed by atoms with Gasteiger partial charge in [0.05, 0.1) is 46.8 Å². The molecule has 1 saturated heterocycles. The van der Waals surface area contributed by atoms with Crippen LogP contribution in [-0.2, 0) is 16.1 Å². The summed E-state index contributed by atoms with van der Waals surface area (Å²) in [5.74, 6) is 0.310. The van der Waals surface area contributed by atoms with E-state index in [0.29, 0.717) is 12.2 Å². The molecule has 2 aliphatic rings. The average molecular weight is 462 g/mol. The van der Waals surface area contributed by atoms with Crippen molar-refractivity contribution in [2.24, 2.45) is 0 Å². The number of morpholine rings is 1. The van der Waals surface area contributed by atoms with Crippen LogP contribution in [0.1, 0.15) is 31.2 Å². The summed E-state index contributed by atoms with van der Waals surface area (Å²) >= 11 is 1.63. The van der Waals surface area contributed by atoms with Crippen molar-refractivity contribution < 1.29 is 9.53 Å². The van der Waals surface area contributed by atoms with Gasteiger partial charge in [-0.25, -0.2) is 9.97 Å². The Balaban J connectivity index is 1.21. The van der Waals surface area contributed by atoms with Crippen LogP contribution in [0, 0.1) is 0 Å². The number of hydrogen-bond donors (Lipinski definition) is 1. The zero-order chi connectivity index (χ0) is 22.2. The number of imidazole rings is 1. The van der Waals surface area contributed by atoms with Crippen molar-refractivity contribution in [3.8, 4) is 0 Å². The Bertz CT molecular complexity index is 1310. The lowest BCUT2D eigenvalue weighted by molar-refractivity contribution is -0.121. The first kappa shape index (κ1) is 20.6. The Labute approximate surface area is 196 Å². The molecule has 6 rings (SSSR count). The molecule has 8 heteroatoms. The molecule has 0 spiro atoms. The summed E-state index contributed by atoms with van der Waals surface area (Å²) in [6.45, 7) is 4.16. The van der Waals surface area contributed by atoms with E-state index >= 15 is 0 Å². The molecular weight excluding hydrogens is 434 g/mol. The molecule has 0 amide bonds. The second-order valence-electron chi connectivity index (χ2n) is 8.88. The molecule has 4 aromatic rings. The van der Waals surface area contributed by atoms with E-state index in [1.54, 1.807) is 11.3 Å². The molecule has 1 saturated carbocycles. The second kappa shape index (κ2) is 8.76. The van der Waals surface area contributed by atoms with Crippen molar-refractivity contribution in [2.75, 3.05) is 36.5 Å². The van der Waals surface area contributed by atoms with Gasteiger partial charge in [-0.05, 0) is 48.7 Å². The van der Waals surface area contributed by atoms with Gasteiger partial charge in [0.1, 0.15) is 0 Å². The fourth-order valence-corrected chi connectivity index (χ4v) is 5.79. The number of ketones is 1. The molecule has 0 radical (unpaired) electrons. The number of nitrogens with zero attached hydrogens (tertiary/aromatic N) is 4. The van der Waals surface area contributed by atoms with Crippen LogP contribution in [0.2, 0.25) is 0 Å².